The number of aromatic nitrogens is 3. The molecule has 1 aromatic heterocycles. The maximum Gasteiger partial charge on any atom is 0.387 e. The first kappa shape index (κ1) is 20.4. The Morgan fingerprint density at radius 1 is 1.14 bits per heavy atom. The van der Waals surface area contributed by atoms with E-state index in [9.17, 15) is 13.6 Å². The van der Waals surface area contributed by atoms with Crippen molar-refractivity contribution >= 4 is 23.4 Å². The molecule has 0 atom stereocenters. The van der Waals surface area contributed by atoms with Crippen molar-refractivity contribution in [2.24, 2.45) is 0 Å². The van der Waals surface area contributed by atoms with E-state index in [0.717, 1.165) is 11.8 Å². The number of nitrogens with zero attached hydrogens (tertiary/aromatic N) is 3. The number of carbonyl (C=O) groups excluding carboxylic acids is 1. The fourth-order valence-electron chi connectivity index (χ4n) is 2.36. The highest BCUT2D eigenvalue weighted by Gasteiger charge is 2.14. The van der Waals surface area contributed by atoms with Gasteiger partial charge in [-0.15, -0.1) is 10.2 Å². The molecule has 0 unspecified atom stereocenters. The molecular weight excluding hydrogens is 404 g/mol. The molecule has 152 valence electrons. The van der Waals surface area contributed by atoms with E-state index < -0.39 is 6.61 Å². The average Bonchev–Trinajstić information content (AvgIpc) is 3.07. The van der Waals surface area contributed by atoms with Crippen LogP contribution in [0.25, 0.3) is 11.4 Å². The fraction of sp³-hybridized carbons (Fsp3) is 0.167. The molecule has 2 aromatic carbocycles. The summed E-state index contributed by atoms with van der Waals surface area (Å²) in [4.78, 5) is 12.1. The molecule has 0 aliphatic rings. The quantitative estimate of drug-likeness (QED) is 0.426. The maximum atomic E-state index is 12.2. The summed E-state index contributed by atoms with van der Waals surface area (Å²) < 4.78 is 35.0. The largest absolute Gasteiger partial charge is 0.497 e. The number of nitrogen functional groups attached to an aromatic ring is 1. The van der Waals surface area contributed by atoms with Gasteiger partial charge in [0.05, 0.1) is 12.9 Å². The van der Waals surface area contributed by atoms with Crippen LogP contribution in [0.3, 0.4) is 0 Å². The minimum absolute atomic E-state index is 0.0247. The zero-order valence-corrected chi connectivity index (χ0v) is 16.0. The Hall–Kier alpha value is -3.34. The number of methoxy groups -OCH3 is 1. The summed E-state index contributed by atoms with van der Waals surface area (Å²) in [5.41, 5.74) is 1.20. The summed E-state index contributed by atoms with van der Waals surface area (Å²) in [6.45, 7) is -2.90. The number of halogens is 2. The number of nitrogens with two attached hydrogens (primary N) is 1. The molecular formula is C18H17F2N5O3S. The van der Waals surface area contributed by atoms with Crippen LogP contribution in [0.15, 0.2) is 53.7 Å². The number of amides is 1. The Kier molecular flexibility index (Phi) is 6.50. The predicted molar refractivity (Wildman–Crippen MR) is 105 cm³/mol. The van der Waals surface area contributed by atoms with Gasteiger partial charge in [0, 0.05) is 11.3 Å². The van der Waals surface area contributed by atoms with E-state index in [-0.39, 0.29) is 17.4 Å². The van der Waals surface area contributed by atoms with E-state index in [2.05, 4.69) is 20.3 Å². The maximum absolute atomic E-state index is 12.2. The van der Waals surface area contributed by atoms with Crippen LogP contribution >= 0.6 is 11.8 Å². The van der Waals surface area contributed by atoms with Gasteiger partial charge in [-0.3, -0.25) is 4.79 Å². The standard InChI is InChI=1S/C18H17F2N5O3S/c1-27-13-8-4-12(5-9-13)22-15(26)10-29-18-24-23-16(25(18)21)11-2-6-14(7-3-11)28-17(19)20/h2-9,17H,10,21H2,1H3,(H,22,26). The van der Waals surface area contributed by atoms with E-state index in [1.54, 1.807) is 31.4 Å². The highest BCUT2D eigenvalue weighted by Crippen LogP contribution is 2.24. The lowest BCUT2D eigenvalue weighted by atomic mass is 10.2. The third-order valence-electron chi connectivity index (χ3n) is 3.71. The van der Waals surface area contributed by atoms with Crippen LogP contribution in [0.2, 0.25) is 0 Å². The molecule has 8 nitrogen and oxygen atoms in total. The normalized spacial score (nSPS) is 10.8. The summed E-state index contributed by atoms with van der Waals surface area (Å²) in [5, 5.41) is 11.0. The molecule has 0 bridgehead atoms. The van der Waals surface area contributed by atoms with Gasteiger partial charge >= 0.3 is 6.61 Å². The molecule has 0 fully saturated rings. The molecule has 29 heavy (non-hydrogen) atoms. The van der Waals surface area contributed by atoms with Crippen molar-refractivity contribution in [3.8, 4) is 22.9 Å². The number of anilines is 1. The Morgan fingerprint density at radius 3 is 2.41 bits per heavy atom. The summed E-state index contributed by atoms with van der Waals surface area (Å²) in [6, 6.07) is 12.8. The zero-order valence-electron chi connectivity index (χ0n) is 15.2. The van der Waals surface area contributed by atoms with Crippen LogP contribution < -0.4 is 20.6 Å². The van der Waals surface area contributed by atoms with E-state index in [1.807, 2.05) is 0 Å². The van der Waals surface area contributed by atoms with Gasteiger partial charge in [0.15, 0.2) is 5.82 Å². The monoisotopic (exact) mass is 421 g/mol. The van der Waals surface area contributed by atoms with Gasteiger partial charge in [-0.2, -0.15) is 8.78 Å². The first-order valence-electron chi connectivity index (χ1n) is 8.28. The van der Waals surface area contributed by atoms with Crippen molar-refractivity contribution in [2.75, 3.05) is 24.0 Å². The summed E-state index contributed by atoms with van der Waals surface area (Å²) in [5.74, 6) is 6.87. The molecule has 3 aromatic rings. The second-order valence-corrected chi connectivity index (χ2v) is 6.59. The SMILES string of the molecule is COc1ccc(NC(=O)CSc2nnc(-c3ccc(OC(F)F)cc3)n2N)cc1. The smallest absolute Gasteiger partial charge is 0.387 e. The summed E-state index contributed by atoms with van der Waals surface area (Å²) >= 11 is 1.11. The number of carbonyl (C=O) groups is 1. The zero-order chi connectivity index (χ0) is 20.8. The molecule has 1 heterocycles. The second kappa shape index (κ2) is 9.24. The average molecular weight is 421 g/mol. The van der Waals surface area contributed by atoms with E-state index in [0.29, 0.717) is 28.0 Å². The molecule has 3 N–H and O–H groups in total. The number of hydrogen-bond acceptors (Lipinski definition) is 7. The molecule has 1 amide bonds. The van der Waals surface area contributed by atoms with Gasteiger partial charge < -0.3 is 20.6 Å². The first-order valence-corrected chi connectivity index (χ1v) is 9.27. The number of thioether (sulfide) groups is 1. The number of nitrogens with one attached hydrogen (secondary N) is 1. The third kappa shape index (κ3) is 5.35. The molecule has 3 rings (SSSR count). The second-order valence-electron chi connectivity index (χ2n) is 5.64. The number of hydrogen-bond donors (Lipinski definition) is 2. The van der Waals surface area contributed by atoms with Crippen molar-refractivity contribution in [2.45, 2.75) is 11.8 Å². The number of alkyl halides is 2. The first-order chi connectivity index (χ1) is 14.0. The Labute approximate surface area is 169 Å². The van der Waals surface area contributed by atoms with Crippen molar-refractivity contribution in [1.82, 2.24) is 14.9 Å². The molecule has 0 saturated heterocycles. The van der Waals surface area contributed by atoms with Crippen LogP contribution in [0.1, 0.15) is 0 Å². The van der Waals surface area contributed by atoms with Crippen LogP contribution in [0.5, 0.6) is 11.5 Å². The highest BCUT2D eigenvalue weighted by molar-refractivity contribution is 7.99. The van der Waals surface area contributed by atoms with E-state index in [1.165, 1.54) is 28.9 Å². The van der Waals surface area contributed by atoms with Crippen molar-refractivity contribution < 1.29 is 23.0 Å². The number of benzene rings is 2. The van der Waals surface area contributed by atoms with Gasteiger partial charge in [0.25, 0.3) is 0 Å². The molecule has 0 radical (unpaired) electrons. The predicted octanol–water partition coefficient (Wildman–Crippen LogP) is 3.00. The van der Waals surface area contributed by atoms with Crippen molar-refractivity contribution in [3.05, 3.63) is 48.5 Å². The molecule has 11 heteroatoms. The van der Waals surface area contributed by atoms with Gasteiger partial charge in [-0.25, -0.2) is 4.68 Å². The molecule has 0 aliphatic heterocycles. The highest BCUT2D eigenvalue weighted by atomic mass is 32.2. The van der Waals surface area contributed by atoms with Crippen molar-refractivity contribution in [3.63, 3.8) is 0 Å². The van der Waals surface area contributed by atoms with E-state index in [4.69, 9.17) is 10.6 Å². The number of rotatable bonds is 8. The molecule has 0 spiro atoms. The molecule has 0 saturated carbocycles. The minimum atomic E-state index is -2.90. The lowest BCUT2D eigenvalue weighted by molar-refractivity contribution is -0.113. The molecule has 0 aliphatic carbocycles. The summed E-state index contributed by atoms with van der Waals surface area (Å²) in [6.07, 6.45) is 0. The lowest BCUT2D eigenvalue weighted by Crippen LogP contribution is -2.16. The third-order valence-corrected chi connectivity index (χ3v) is 4.65. The topological polar surface area (TPSA) is 104 Å². The van der Waals surface area contributed by atoms with Gasteiger partial charge in [-0.05, 0) is 48.5 Å². The van der Waals surface area contributed by atoms with Gasteiger partial charge in [0.1, 0.15) is 11.5 Å². The Balaban J connectivity index is 1.59. The Morgan fingerprint density at radius 2 is 1.79 bits per heavy atom. The summed E-state index contributed by atoms with van der Waals surface area (Å²) in [7, 11) is 1.56. The van der Waals surface area contributed by atoms with Crippen LogP contribution in [0, 0.1) is 0 Å². The van der Waals surface area contributed by atoms with Crippen LogP contribution in [-0.4, -0.2) is 40.3 Å². The number of ether oxygens (including phenoxy) is 2. The minimum Gasteiger partial charge on any atom is -0.497 e. The lowest BCUT2D eigenvalue weighted by Gasteiger charge is -2.07. The van der Waals surface area contributed by atoms with Crippen LogP contribution in [0.4, 0.5) is 14.5 Å². The van der Waals surface area contributed by atoms with Gasteiger partial charge in [-0.1, -0.05) is 11.8 Å². The van der Waals surface area contributed by atoms with Crippen LogP contribution in [-0.2, 0) is 4.79 Å². The van der Waals surface area contributed by atoms with E-state index >= 15 is 0 Å². The Bertz CT molecular complexity index is 965. The van der Waals surface area contributed by atoms with Gasteiger partial charge in [0.2, 0.25) is 11.1 Å². The fourth-order valence-corrected chi connectivity index (χ4v) is 3.02. The van der Waals surface area contributed by atoms with Crippen molar-refractivity contribution in [1.29, 1.82) is 0 Å².